The summed E-state index contributed by atoms with van der Waals surface area (Å²) in [7, 11) is 0. The molecule has 7 heteroatoms. The van der Waals surface area contributed by atoms with E-state index in [4.69, 9.17) is 4.74 Å². The maximum atomic E-state index is 12.7. The van der Waals surface area contributed by atoms with Crippen LogP contribution in [0.15, 0.2) is 11.3 Å². The molecule has 94 valence electrons. The minimum atomic E-state index is -5.36. The molecule has 0 radical (unpaired) electrons. The summed E-state index contributed by atoms with van der Waals surface area (Å²) in [6.07, 6.45) is -11.8. The Balaban J connectivity index is 3.43. The van der Waals surface area contributed by atoms with Gasteiger partial charge < -0.3 is 4.74 Å². The van der Waals surface area contributed by atoms with Crippen LogP contribution in [0.25, 0.3) is 0 Å². The number of rotatable bonds is 0. The van der Waals surface area contributed by atoms with Crippen LogP contribution in [-0.2, 0) is 4.74 Å². The van der Waals surface area contributed by atoms with E-state index in [-0.39, 0.29) is 5.76 Å². The lowest BCUT2D eigenvalue weighted by molar-refractivity contribution is -0.333. The van der Waals surface area contributed by atoms with Gasteiger partial charge in [0.2, 0.25) is 0 Å². The molecular formula is C9H10F6O. The molecule has 0 bridgehead atoms. The average molecular weight is 248 g/mol. The van der Waals surface area contributed by atoms with Crippen molar-refractivity contribution in [2.24, 2.45) is 5.41 Å². The van der Waals surface area contributed by atoms with Gasteiger partial charge in [0.15, 0.2) is 5.41 Å². The van der Waals surface area contributed by atoms with E-state index in [1.54, 1.807) is 0 Å². The number of halogens is 6. The van der Waals surface area contributed by atoms with E-state index in [9.17, 15) is 26.3 Å². The predicted octanol–water partition coefficient (Wildman–Crippen LogP) is 3.81. The Morgan fingerprint density at radius 1 is 1.00 bits per heavy atom. The van der Waals surface area contributed by atoms with Crippen LogP contribution in [0.3, 0.4) is 0 Å². The number of alkyl halides is 6. The van der Waals surface area contributed by atoms with Crippen LogP contribution in [0.1, 0.15) is 20.3 Å². The lowest BCUT2D eigenvalue weighted by atomic mass is 9.74. The molecule has 0 aromatic carbocycles. The van der Waals surface area contributed by atoms with Crippen LogP contribution >= 0.6 is 0 Å². The van der Waals surface area contributed by atoms with Gasteiger partial charge in [-0.15, -0.1) is 0 Å². The zero-order chi connectivity index (χ0) is 12.8. The summed E-state index contributed by atoms with van der Waals surface area (Å²) in [6, 6.07) is 0. The molecule has 0 amide bonds. The van der Waals surface area contributed by atoms with Gasteiger partial charge in [0.05, 0.1) is 12.4 Å². The molecular weight excluding hydrogens is 238 g/mol. The van der Waals surface area contributed by atoms with E-state index >= 15 is 0 Å². The van der Waals surface area contributed by atoms with Crippen molar-refractivity contribution in [3.05, 3.63) is 11.3 Å². The van der Waals surface area contributed by atoms with Gasteiger partial charge in [0.25, 0.3) is 0 Å². The molecule has 0 N–H and O–H groups in total. The molecule has 0 aromatic rings. The van der Waals surface area contributed by atoms with Gasteiger partial charge in [0, 0.05) is 6.42 Å². The molecule has 1 heterocycles. The third-order valence-electron chi connectivity index (χ3n) is 2.93. The van der Waals surface area contributed by atoms with E-state index in [1.807, 2.05) is 0 Å². The van der Waals surface area contributed by atoms with Crippen molar-refractivity contribution >= 4 is 0 Å². The highest BCUT2D eigenvalue weighted by Gasteiger charge is 2.72. The fourth-order valence-electron chi connectivity index (χ4n) is 1.82. The van der Waals surface area contributed by atoms with E-state index in [1.165, 1.54) is 0 Å². The van der Waals surface area contributed by atoms with Crippen molar-refractivity contribution in [2.75, 3.05) is 6.61 Å². The summed E-state index contributed by atoms with van der Waals surface area (Å²) in [5.41, 5.74) is -4.57. The van der Waals surface area contributed by atoms with Crippen molar-refractivity contribution in [3.8, 4) is 0 Å². The zero-order valence-corrected chi connectivity index (χ0v) is 8.59. The van der Waals surface area contributed by atoms with Gasteiger partial charge in [-0.2, -0.15) is 26.3 Å². The summed E-state index contributed by atoms with van der Waals surface area (Å²) in [5, 5.41) is 0. The molecule has 1 nitrogen and oxygen atoms in total. The molecule has 1 rings (SSSR count). The van der Waals surface area contributed by atoms with Gasteiger partial charge in [-0.3, -0.25) is 0 Å². The first kappa shape index (κ1) is 13.2. The largest absolute Gasteiger partial charge is 0.498 e. The van der Waals surface area contributed by atoms with Gasteiger partial charge in [-0.1, -0.05) is 0 Å². The van der Waals surface area contributed by atoms with Gasteiger partial charge >= 0.3 is 12.4 Å². The molecule has 16 heavy (non-hydrogen) atoms. The van der Waals surface area contributed by atoms with Crippen molar-refractivity contribution in [3.63, 3.8) is 0 Å². The first-order valence-electron chi connectivity index (χ1n) is 4.48. The topological polar surface area (TPSA) is 9.23 Å². The molecule has 0 atom stereocenters. The highest BCUT2D eigenvalue weighted by atomic mass is 19.4. The number of allylic oxidation sites excluding steroid dienone is 2. The Kier molecular flexibility index (Phi) is 2.94. The lowest BCUT2D eigenvalue weighted by Crippen LogP contribution is -2.53. The minimum Gasteiger partial charge on any atom is -0.498 e. The SMILES string of the molecule is CC1=C(C)C(C(F)(F)F)(C(F)(F)F)CCO1. The standard InChI is InChI=1S/C9H10F6O/c1-5-6(2)16-4-3-7(5,8(10,11)12)9(13,14)15/h3-4H2,1-2H3. The number of hydrogen-bond acceptors (Lipinski definition) is 1. The fraction of sp³-hybridized carbons (Fsp3) is 0.778. The van der Waals surface area contributed by atoms with Crippen molar-refractivity contribution in [1.29, 1.82) is 0 Å². The van der Waals surface area contributed by atoms with Gasteiger partial charge in [-0.25, -0.2) is 0 Å². The Hall–Kier alpha value is -0.880. The molecule has 0 fully saturated rings. The maximum absolute atomic E-state index is 12.7. The summed E-state index contributed by atoms with van der Waals surface area (Å²) in [4.78, 5) is 0. The van der Waals surface area contributed by atoms with Crippen LogP contribution in [0.5, 0.6) is 0 Å². The number of hydrogen-bond donors (Lipinski definition) is 0. The number of ether oxygens (including phenoxy) is 1. The smallest absolute Gasteiger partial charge is 0.407 e. The second-order valence-electron chi connectivity index (χ2n) is 3.68. The van der Waals surface area contributed by atoms with Crippen LogP contribution < -0.4 is 0 Å². The molecule has 0 saturated heterocycles. The molecule has 0 saturated carbocycles. The highest BCUT2D eigenvalue weighted by Crippen LogP contribution is 2.58. The quantitative estimate of drug-likeness (QED) is 0.592. The third kappa shape index (κ3) is 1.66. The average Bonchev–Trinajstić information content (AvgIpc) is 2.05. The maximum Gasteiger partial charge on any atom is 0.407 e. The van der Waals surface area contributed by atoms with E-state index in [0.29, 0.717) is 0 Å². The van der Waals surface area contributed by atoms with Crippen molar-refractivity contribution in [2.45, 2.75) is 32.6 Å². The monoisotopic (exact) mass is 248 g/mol. The van der Waals surface area contributed by atoms with Gasteiger partial charge in [0.1, 0.15) is 0 Å². The molecule has 0 aliphatic carbocycles. The lowest BCUT2D eigenvalue weighted by Gasteiger charge is -2.41. The Bertz CT molecular complexity index is 297. The zero-order valence-electron chi connectivity index (χ0n) is 8.59. The minimum absolute atomic E-state index is 0.305. The first-order valence-corrected chi connectivity index (χ1v) is 4.48. The second-order valence-corrected chi connectivity index (χ2v) is 3.68. The van der Waals surface area contributed by atoms with Crippen LogP contribution in [0.4, 0.5) is 26.3 Å². The molecule has 0 aromatic heterocycles. The van der Waals surface area contributed by atoms with Crippen LogP contribution in [0.2, 0.25) is 0 Å². The third-order valence-corrected chi connectivity index (χ3v) is 2.93. The summed E-state index contributed by atoms with van der Waals surface area (Å²) < 4.78 is 81.0. The van der Waals surface area contributed by atoms with Crippen molar-refractivity contribution < 1.29 is 31.1 Å². The molecule has 1 aliphatic rings. The van der Waals surface area contributed by atoms with E-state index in [2.05, 4.69) is 0 Å². The Morgan fingerprint density at radius 3 is 1.75 bits per heavy atom. The Labute approximate surface area is 88.1 Å². The summed E-state index contributed by atoms with van der Waals surface area (Å²) in [5.74, 6) is -0.305. The first-order chi connectivity index (χ1) is 7.04. The second kappa shape index (κ2) is 3.56. The summed E-state index contributed by atoms with van der Waals surface area (Å²) >= 11 is 0. The molecule has 0 unspecified atom stereocenters. The summed E-state index contributed by atoms with van der Waals surface area (Å²) in [6.45, 7) is 1.35. The van der Waals surface area contributed by atoms with Crippen LogP contribution in [-0.4, -0.2) is 19.0 Å². The highest BCUT2D eigenvalue weighted by molar-refractivity contribution is 5.23. The van der Waals surface area contributed by atoms with E-state index in [0.717, 1.165) is 13.8 Å². The molecule has 1 aliphatic heterocycles. The molecule has 0 spiro atoms. The van der Waals surface area contributed by atoms with E-state index < -0.39 is 36.4 Å². The Morgan fingerprint density at radius 2 is 1.44 bits per heavy atom. The fourth-order valence-corrected chi connectivity index (χ4v) is 1.82. The van der Waals surface area contributed by atoms with Crippen LogP contribution in [0, 0.1) is 5.41 Å². The van der Waals surface area contributed by atoms with Gasteiger partial charge in [-0.05, 0) is 19.4 Å². The van der Waals surface area contributed by atoms with Crippen molar-refractivity contribution in [1.82, 2.24) is 0 Å². The predicted molar refractivity (Wildman–Crippen MR) is 43.5 cm³/mol. The normalized spacial score (nSPS) is 22.0.